The van der Waals surface area contributed by atoms with Crippen LogP contribution in [-0.2, 0) is 11.8 Å². The molecule has 3 aromatic heterocycles. The maximum absolute atomic E-state index is 5.95. The molecular formula is C22H22N6O. The highest BCUT2D eigenvalue weighted by molar-refractivity contribution is 5.95. The van der Waals surface area contributed by atoms with Gasteiger partial charge < -0.3 is 9.64 Å². The van der Waals surface area contributed by atoms with Gasteiger partial charge in [0.15, 0.2) is 0 Å². The number of hydrogen-bond donors (Lipinski definition) is 1. The minimum absolute atomic E-state index is 0.0770. The third-order valence-electron chi connectivity index (χ3n) is 6.00. The molecule has 7 heteroatoms. The van der Waals surface area contributed by atoms with Crippen LogP contribution in [0, 0.1) is 0 Å². The quantitative estimate of drug-likeness (QED) is 0.584. The first-order valence-electron chi connectivity index (χ1n) is 10.0. The number of aromatic nitrogens is 5. The van der Waals surface area contributed by atoms with Gasteiger partial charge in [0, 0.05) is 49.0 Å². The van der Waals surface area contributed by atoms with Crippen LogP contribution in [0.4, 0.5) is 5.82 Å². The van der Waals surface area contributed by atoms with Gasteiger partial charge in [-0.05, 0) is 42.7 Å². The molecule has 4 aromatic rings. The van der Waals surface area contributed by atoms with E-state index in [0.29, 0.717) is 0 Å². The Bertz CT molecular complexity index is 1200. The number of benzene rings is 1. The van der Waals surface area contributed by atoms with Crippen molar-refractivity contribution in [1.82, 2.24) is 25.0 Å². The third kappa shape index (κ3) is 2.89. The first kappa shape index (κ1) is 16.7. The molecule has 6 rings (SSSR count). The summed E-state index contributed by atoms with van der Waals surface area (Å²) in [7, 11) is 1.93. The summed E-state index contributed by atoms with van der Waals surface area (Å²) in [4.78, 5) is 6.98. The minimum atomic E-state index is 0.0770. The van der Waals surface area contributed by atoms with Crippen LogP contribution < -0.4 is 4.90 Å². The van der Waals surface area contributed by atoms with Gasteiger partial charge in [0.25, 0.3) is 0 Å². The van der Waals surface area contributed by atoms with E-state index in [4.69, 9.17) is 4.74 Å². The highest BCUT2D eigenvalue weighted by Gasteiger charge is 2.47. The Morgan fingerprint density at radius 3 is 2.86 bits per heavy atom. The zero-order valence-electron chi connectivity index (χ0n) is 16.3. The van der Waals surface area contributed by atoms with Gasteiger partial charge in [0.1, 0.15) is 11.5 Å². The second-order valence-electron chi connectivity index (χ2n) is 8.09. The van der Waals surface area contributed by atoms with E-state index in [1.165, 1.54) is 0 Å². The summed E-state index contributed by atoms with van der Waals surface area (Å²) in [6, 6.07) is 10.5. The number of ether oxygens (including phenoxy) is 1. The highest BCUT2D eigenvalue weighted by Crippen LogP contribution is 2.43. The zero-order valence-corrected chi connectivity index (χ0v) is 16.3. The summed E-state index contributed by atoms with van der Waals surface area (Å²) >= 11 is 0. The average molecular weight is 386 g/mol. The number of aryl methyl sites for hydroxylation is 1. The lowest BCUT2D eigenvalue weighted by molar-refractivity contribution is 0.0204. The summed E-state index contributed by atoms with van der Waals surface area (Å²) in [5.41, 5.74) is 5.35. The van der Waals surface area contributed by atoms with Gasteiger partial charge in [-0.1, -0.05) is 6.07 Å². The van der Waals surface area contributed by atoms with Gasteiger partial charge >= 0.3 is 0 Å². The second-order valence-corrected chi connectivity index (χ2v) is 8.09. The molecule has 2 fully saturated rings. The number of aromatic amines is 1. The minimum Gasteiger partial charge on any atom is -0.371 e. The van der Waals surface area contributed by atoms with Crippen molar-refractivity contribution < 1.29 is 4.74 Å². The number of morpholine rings is 1. The molecule has 0 amide bonds. The third-order valence-corrected chi connectivity index (χ3v) is 6.00. The van der Waals surface area contributed by atoms with E-state index in [-0.39, 0.29) is 5.60 Å². The smallest absolute Gasteiger partial charge is 0.129 e. The van der Waals surface area contributed by atoms with Gasteiger partial charge in [-0.25, -0.2) is 4.98 Å². The van der Waals surface area contributed by atoms with E-state index in [9.17, 15) is 0 Å². The van der Waals surface area contributed by atoms with E-state index in [1.54, 1.807) is 0 Å². The first-order chi connectivity index (χ1) is 14.2. The van der Waals surface area contributed by atoms with Crippen LogP contribution in [0.3, 0.4) is 0 Å². The number of anilines is 1. The monoisotopic (exact) mass is 386 g/mol. The van der Waals surface area contributed by atoms with Gasteiger partial charge in [0.05, 0.1) is 23.9 Å². The standard InChI is InChI=1S/C22H22N6O/c1-27-13-17(12-24-27)15-2-3-19-18(10-15)21(26-25-19)16-4-7-23-20(11-16)28-8-9-29-22(14-28)5-6-22/h2-4,7,10-13H,5-6,8-9,14H2,1H3,(H,25,26). The fraction of sp³-hybridized carbons (Fsp3) is 0.318. The number of H-pyrrole nitrogens is 1. The molecule has 1 aliphatic heterocycles. The maximum atomic E-state index is 5.95. The zero-order chi connectivity index (χ0) is 19.4. The number of fused-ring (bicyclic) bond motifs is 1. The number of pyridine rings is 1. The van der Waals surface area contributed by atoms with Gasteiger partial charge in [0.2, 0.25) is 0 Å². The molecule has 2 aliphatic rings. The summed E-state index contributed by atoms with van der Waals surface area (Å²) in [5, 5.41) is 13.2. The fourth-order valence-corrected chi connectivity index (χ4v) is 4.20. The normalized spacial score (nSPS) is 17.9. The molecule has 146 valence electrons. The number of rotatable bonds is 3. The molecule has 1 N–H and O–H groups in total. The van der Waals surface area contributed by atoms with Gasteiger partial charge in [-0.2, -0.15) is 10.2 Å². The number of hydrogen-bond acceptors (Lipinski definition) is 5. The molecule has 4 heterocycles. The Morgan fingerprint density at radius 2 is 2.03 bits per heavy atom. The Kier molecular flexibility index (Phi) is 3.55. The molecule has 0 radical (unpaired) electrons. The Balaban J connectivity index is 1.39. The highest BCUT2D eigenvalue weighted by atomic mass is 16.5. The van der Waals surface area contributed by atoms with E-state index >= 15 is 0 Å². The van der Waals surface area contributed by atoms with Crippen LogP contribution in [0.15, 0.2) is 48.9 Å². The average Bonchev–Trinajstić information content (AvgIpc) is 3.15. The van der Waals surface area contributed by atoms with Crippen LogP contribution in [0.5, 0.6) is 0 Å². The number of nitrogens with zero attached hydrogens (tertiary/aromatic N) is 5. The molecule has 1 saturated carbocycles. The van der Waals surface area contributed by atoms with Crippen molar-refractivity contribution in [1.29, 1.82) is 0 Å². The molecule has 0 atom stereocenters. The molecule has 1 aromatic carbocycles. The summed E-state index contributed by atoms with van der Waals surface area (Å²) in [6.07, 6.45) is 8.11. The van der Waals surface area contributed by atoms with Crippen molar-refractivity contribution in [3.8, 4) is 22.4 Å². The first-order valence-corrected chi connectivity index (χ1v) is 10.0. The largest absolute Gasteiger partial charge is 0.371 e. The Labute approximate surface area is 168 Å². The molecule has 1 spiro atoms. The number of nitrogens with one attached hydrogen (secondary N) is 1. The topological polar surface area (TPSA) is 71.9 Å². The van der Waals surface area contributed by atoms with Crippen LogP contribution >= 0.6 is 0 Å². The van der Waals surface area contributed by atoms with E-state index < -0.39 is 0 Å². The van der Waals surface area contributed by atoms with Crippen LogP contribution in [0.25, 0.3) is 33.3 Å². The maximum Gasteiger partial charge on any atom is 0.129 e. The molecular weight excluding hydrogens is 364 g/mol. The van der Waals surface area contributed by atoms with Crippen LogP contribution in [0.2, 0.25) is 0 Å². The van der Waals surface area contributed by atoms with Crippen molar-refractivity contribution in [2.45, 2.75) is 18.4 Å². The van der Waals surface area contributed by atoms with Gasteiger partial charge in [-0.15, -0.1) is 0 Å². The molecule has 29 heavy (non-hydrogen) atoms. The summed E-state index contributed by atoms with van der Waals surface area (Å²) in [6.45, 7) is 2.58. The van der Waals surface area contributed by atoms with E-state index in [2.05, 4.69) is 49.4 Å². The van der Waals surface area contributed by atoms with E-state index in [0.717, 1.165) is 71.6 Å². The summed E-state index contributed by atoms with van der Waals surface area (Å²) in [5.74, 6) is 0.997. The lowest BCUT2D eigenvalue weighted by Crippen LogP contribution is -2.44. The van der Waals surface area contributed by atoms with Crippen molar-refractivity contribution >= 4 is 16.7 Å². The van der Waals surface area contributed by atoms with Crippen molar-refractivity contribution in [3.05, 3.63) is 48.9 Å². The lowest BCUT2D eigenvalue weighted by Gasteiger charge is -2.34. The molecule has 0 unspecified atom stereocenters. The molecule has 1 aliphatic carbocycles. The van der Waals surface area contributed by atoms with E-state index in [1.807, 2.05) is 36.4 Å². The van der Waals surface area contributed by atoms with Crippen LogP contribution in [0.1, 0.15) is 12.8 Å². The molecule has 7 nitrogen and oxygen atoms in total. The Hall–Kier alpha value is -3.19. The van der Waals surface area contributed by atoms with Crippen LogP contribution in [-0.4, -0.2) is 50.3 Å². The predicted octanol–water partition coefficient (Wildman–Crippen LogP) is 3.39. The SMILES string of the molecule is Cn1cc(-c2ccc3[nH]nc(-c4ccnc(N5CCOC6(CC6)C5)c4)c3c2)cn1. The lowest BCUT2D eigenvalue weighted by atomic mass is 10.0. The van der Waals surface area contributed by atoms with Crippen molar-refractivity contribution in [3.63, 3.8) is 0 Å². The van der Waals surface area contributed by atoms with Crippen molar-refractivity contribution in [2.75, 3.05) is 24.6 Å². The Morgan fingerprint density at radius 1 is 1.10 bits per heavy atom. The predicted molar refractivity (Wildman–Crippen MR) is 112 cm³/mol. The summed E-state index contributed by atoms with van der Waals surface area (Å²) < 4.78 is 7.77. The molecule has 0 bridgehead atoms. The second kappa shape index (κ2) is 6.15. The van der Waals surface area contributed by atoms with Gasteiger partial charge in [-0.3, -0.25) is 9.78 Å². The fourth-order valence-electron chi connectivity index (χ4n) is 4.20. The van der Waals surface area contributed by atoms with Crippen molar-refractivity contribution in [2.24, 2.45) is 7.05 Å². The molecule has 1 saturated heterocycles.